The number of halogens is 3. The van der Waals surface area contributed by atoms with E-state index in [1.165, 1.54) is 44.2 Å². The van der Waals surface area contributed by atoms with Gasteiger partial charge in [0.2, 0.25) is 0 Å². The molecule has 0 spiro atoms. The molecule has 0 radical (unpaired) electrons. The number of aromatic nitrogens is 2. The van der Waals surface area contributed by atoms with Gasteiger partial charge in [-0.2, -0.15) is 18.3 Å². The Hall–Kier alpha value is -3.29. The summed E-state index contributed by atoms with van der Waals surface area (Å²) in [6, 6.07) is 10.4. The lowest BCUT2D eigenvalue weighted by Gasteiger charge is -2.26. The van der Waals surface area contributed by atoms with Crippen LogP contribution < -0.4 is 4.74 Å². The van der Waals surface area contributed by atoms with E-state index in [4.69, 9.17) is 4.74 Å². The summed E-state index contributed by atoms with van der Waals surface area (Å²) in [7, 11) is 0. The maximum atomic E-state index is 12.8. The number of hydrogen-bond donors (Lipinski definition) is 1. The zero-order chi connectivity index (χ0) is 23.7. The number of nitrogens with zero attached hydrogens (tertiary/aromatic N) is 2. The third-order valence-corrected chi connectivity index (χ3v) is 6.76. The zero-order valence-corrected chi connectivity index (χ0v) is 18.7. The molecule has 1 aromatic heterocycles. The third kappa shape index (κ3) is 4.67. The predicted molar refractivity (Wildman–Crippen MR) is 121 cm³/mol. The van der Waals surface area contributed by atoms with Crippen molar-refractivity contribution in [2.75, 3.05) is 6.54 Å². The summed E-state index contributed by atoms with van der Waals surface area (Å²) in [5, 5.41) is 6.95. The van der Waals surface area contributed by atoms with Gasteiger partial charge in [0.15, 0.2) is 0 Å². The van der Waals surface area contributed by atoms with Gasteiger partial charge in [0.1, 0.15) is 12.4 Å². The average molecular weight is 470 g/mol. The fourth-order valence-corrected chi connectivity index (χ4v) is 4.93. The second kappa shape index (κ2) is 9.16. The van der Waals surface area contributed by atoms with Gasteiger partial charge in [0.05, 0.1) is 11.3 Å². The lowest BCUT2D eigenvalue weighted by atomic mass is 9.89. The van der Waals surface area contributed by atoms with Crippen LogP contribution in [0.5, 0.6) is 5.75 Å². The molecule has 0 saturated heterocycles. The van der Waals surface area contributed by atoms with E-state index >= 15 is 0 Å². The Morgan fingerprint density at radius 1 is 1.06 bits per heavy atom. The maximum absolute atomic E-state index is 12.8. The summed E-state index contributed by atoms with van der Waals surface area (Å²) >= 11 is 0. The number of carbonyl (C=O) groups is 1. The Bertz CT molecular complexity index is 1160. The highest BCUT2D eigenvalue weighted by molar-refractivity contribution is 5.98. The molecule has 1 fully saturated rings. The van der Waals surface area contributed by atoms with Gasteiger partial charge in [-0.1, -0.05) is 31.4 Å². The van der Waals surface area contributed by atoms with Gasteiger partial charge < -0.3 is 9.64 Å². The molecule has 2 aliphatic rings. The molecule has 1 saturated carbocycles. The fraction of sp³-hybridized carbons (Fsp3) is 0.385. The van der Waals surface area contributed by atoms with Crippen molar-refractivity contribution in [3.05, 3.63) is 70.9 Å². The highest BCUT2D eigenvalue weighted by Crippen LogP contribution is 2.33. The molecule has 34 heavy (non-hydrogen) atoms. The Morgan fingerprint density at radius 3 is 2.56 bits per heavy atom. The van der Waals surface area contributed by atoms with Gasteiger partial charge in [-0.05, 0) is 54.7 Å². The normalized spacial score (nSPS) is 16.7. The minimum absolute atomic E-state index is 0.0894. The smallest absolute Gasteiger partial charge is 0.416 e. The van der Waals surface area contributed by atoms with Gasteiger partial charge in [0, 0.05) is 36.0 Å². The zero-order valence-electron chi connectivity index (χ0n) is 18.7. The quantitative estimate of drug-likeness (QED) is 0.467. The van der Waals surface area contributed by atoms with Crippen LogP contribution in [0.4, 0.5) is 13.2 Å². The Balaban J connectivity index is 1.24. The summed E-state index contributed by atoms with van der Waals surface area (Å²) in [6.45, 7) is 1.62. The predicted octanol–water partition coefficient (Wildman–Crippen LogP) is 6.21. The van der Waals surface area contributed by atoms with Crippen LogP contribution in [0.3, 0.4) is 0 Å². The summed E-state index contributed by atoms with van der Waals surface area (Å²) in [5.74, 6) is 1.32. The highest BCUT2D eigenvalue weighted by atomic mass is 19.4. The van der Waals surface area contributed by atoms with Crippen LogP contribution >= 0.6 is 0 Å². The third-order valence-electron chi connectivity index (χ3n) is 6.76. The number of aromatic amines is 1. The van der Waals surface area contributed by atoms with E-state index in [1.54, 1.807) is 12.3 Å². The van der Waals surface area contributed by atoms with Crippen molar-refractivity contribution < 1.29 is 22.7 Å². The molecule has 1 aliphatic heterocycles. The second-order valence-electron chi connectivity index (χ2n) is 9.13. The molecule has 1 aliphatic carbocycles. The lowest BCUT2D eigenvalue weighted by Crippen LogP contribution is -2.30. The fourth-order valence-electron chi connectivity index (χ4n) is 4.93. The van der Waals surface area contributed by atoms with Crippen molar-refractivity contribution in [3.8, 4) is 17.0 Å². The number of benzene rings is 2. The molecule has 0 atom stereocenters. The van der Waals surface area contributed by atoms with Crippen molar-refractivity contribution in [1.82, 2.24) is 15.1 Å². The van der Waals surface area contributed by atoms with Crippen LogP contribution in [-0.4, -0.2) is 27.5 Å². The van der Waals surface area contributed by atoms with E-state index in [2.05, 4.69) is 10.2 Å². The van der Waals surface area contributed by atoms with Crippen LogP contribution in [0, 0.1) is 5.92 Å². The molecule has 1 N–H and O–H groups in total. The van der Waals surface area contributed by atoms with Gasteiger partial charge >= 0.3 is 6.18 Å². The van der Waals surface area contributed by atoms with Crippen LogP contribution in [0.2, 0.25) is 0 Å². The first-order valence-corrected chi connectivity index (χ1v) is 11.6. The number of ether oxygens (including phenoxy) is 1. The summed E-state index contributed by atoms with van der Waals surface area (Å²) in [6.07, 6.45) is 3.48. The molecule has 5 rings (SSSR count). The molecular formula is C26H26F3N3O2. The average Bonchev–Trinajstić information content (AvgIpc) is 3.42. The van der Waals surface area contributed by atoms with Gasteiger partial charge in [0.25, 0.3) is 5.91 Å². The van der Waals surface area contributed by atoms with E-state index in [-0.39, 0.29) is 12.5 Å². The van der Waals surface area contributed by atoms with Crippen LogP contribution in [0.15, 0.2) is 48.7 Å². The van der Waals surface area contributed by atoms with Crippen molar-refractivity contribution in [1.29, 1.82) is 0 Å². The number of carbonyl (C=O) groups excluding carboxylic acids is 1. The van der Waals surface area contributed by atoms with Gasteiger partial charge in [-0.25, -0.2) is 0 Å². The topological polar surface area (TPSA) is 58.2 Å². The molecule has 2 aromatic carbocycles. The summed E-state index contributed by atoms with van der Waals surface area (Å²) < 4.78 is 44.5. The minimum Gasteiger partial charge on any atom is -0.489 e. The molecular weight excluding hydrogens is 443 g/mol. The SMILES string of the molecule is O=C1c2ccc(OCc3c[nH]nc3-c3ccc(C(F)(F)F)cc3)cc2CN1CC1CCCCC1. The van der Waals surface area contributed by atoms with E-state index in [1.807, 2.05) is 17.0 Å². The number of amides is 1. The van der Waals surface area contributed by atoms with Crippen molar-refractivity contribution in [2.45, 2.75) is 51.4 Å². The Kier molecular flexibility index (Phi) is 6.06. The number of H-pyrrole nitrogens is 1. The van der Waals surface area contributed by atoms with Crippen LogP contribution in [0.25, 0.3) is 11.3 Å². The highest BCUT2D eigenvalue weighted by Gasteiger charge is 2.31. The van der Waals surface area contributed by atoms with E-state index < -0.39 is 11.7 Å². The number of hydrogen-bond acceptors (Lipinski definition) is 3. The molecule has 5 nitrogen and oxygen atoms in total. The van der Waals surface area contributed by atoms with Gasteiger partial charge in [-0.15, -0.1) is 0 Å². The van der Waals surface area contributed by atoms with Crippen molar-refractivity contribution in [2.24, 2.45) is 5.92 Å². The molecule has 3 aromatic rings. The standard InChI is InChI=1S/C26H26F3N3O2/c27-26(28,29)21-8-6-18(7-9-21)24-20(13-30-31-24)16-34-22-10-11-23-19(12-22)15-32(25(23)33)14-17-4-2-1-3-5-17/h6-13,17H,1-5,14-16H2,(H,30,31). The minimum atomic E-state index is -4.38. The first-order chi connectivity index (χ1) is 16.4. The monoisotopic (exact) mass is 469 g/mol. The second-order valence-corrected chi connectivity index (χ2v) is 9.13. The number of nitrogens with one attached hydrogen (secondary N) is 1. The molecule has 0 unspecified atom stereocenters. The number of fused-ring (bicyclic) bond motifs is 1. The van der Waals surface area contributed by atoms with E-state index in [9.17, 15) is 18.0 Å². The largest absolute Gasteiger partial charge is 0.489 e. The van der Waals surface area contributed by atoms with Crippen molar-refractivity contribution >= 4 is 5.91 Å². The molecule has 1 amide bonds. The first-order valence-electron chi connectivity index (χ1n) is 11.6. The maximum Gasteiger partial charge on any atom is 0.416 e. The van der Waals surface area contributed by atoms with Crippen LogP contribution in [0.1, 0.15) is 59.2 Å². The summed E-state index contributed by atoms with van der Waals surface area (Å²) in [4.78, 5) is 14.8. The van der Waals surface area contributed by atoms with Gasteiger partial charge in [-0.3, -0.25) is 9.89 Å². The lowest BCUT2D eigenvalue weighted by molar-refractivity contribution is -0.137. The Morgan fingerprint density at radius 2 is 1.82 bits per heavy atom. The van der Waals surface area contributed by atoms with Crippen molar-refractivity contribution in [3.63, 3.8) is 0 Å². The molecule has 2 heterocycles. The molecule has 0 bridgehead atoms. The molecule has 8 heteroatoms. The Labute approximate surface area is 195 Å². The summed E-state index contributed by atoms with van der Waals surface area (Å²) in [5.41, 5.74) is 2.85. The number of alkyl halides is 3. The number of rotatable bonds is 6. The van der Waals surface area contributed by atoms with Crippen LogP contribution in [-0.2, 0) is 19.3 Å². The van der Waals surface area contributed by atoms with E-state index in [0.29, 0.717) is 29.5 Å². The molecule has 178 valence electrons. The first kappa shape index (κ1) is 22.5. The van der Waals surface area contributed by atoms with E-state index in [0.717, 1.165) is 35.4 Å².